The average Bonchev–Trinajstić information content (AvgIpc) is 3.31. The highest BCUT2D eigenvalue weighted by Crippen LogP contribution is 2.42. The van der Waals surface area contributed by atoms with Gasteiger partial charge in [0, 0.05) is 5.69 Å². The molecule has 1 atom stereocenters. The van der Waals surface area contributed by atoms with Gasteiger partial charge in [0.05, 0.1) is 17.9 Å². The molecule has 0 bridgehead atoms. The van der Waals surface area contributed by atoms with Crippen LogP contribution in [0.1, 0.15) is 33.3 Å². The first-order valence-corrected chi connectivity index (χ1v) is 8.96. The zero-order valence-corrected chi connectivity index (χ0v) is 15.5. The van der Waals surface area contributed by atoms with E-state index in [4.69, 9.17) is 4.42 Å². The molecule has 0 radical (unpaired) electrons. The largest absolute Gasteiger partial charge is 0.503 e. The molecule has 1 N–H and O–H groups in total. The van der Waals surface area contributed by atoms with Crippen molar-refractivity contribution in [1.29, 1.82) is 0 Å². The number of furan rings is 1. The van der Waals surface area contributed by atoms with Crippen LogP contribution in [-0.4, -0.2) is 16.8 Å². The minimum absolute atomic E-state index is 0.0230. The van der Waals surface area contributed by atoms with Crippen LogP contribution in [0.15, 0.2) is 82.7 Å². The number of aliphatic hydroxyl groups excluding tert-OH is 1. The molecule has 5 nitrogen and oxygen atoms in total. The van der Waals surface area contributed by atoms with E-state index in [9.17, 15) is 14.7 Å². The third kappa shape index (κ3) is 2.81. The standard InChI is InChI=1S/C23H19NO4/c1-14-9-11-16(12-10-14)24-20(17-7-4-3-6-15(17)2)19(22(26)23(24)27)21(25)18-8-5-13-28-18/h3-13,20,26H,1-2H3. The lowest BCUT2D eigenvalue weighted by Gasteiger charge is -2.28. The second-order valence-electron chi connectivity index (χ2n) is 6.84. The topological polar surface area (TPSA) is 70.8 Å². The highest BCUT2D eigenvalue weighted by molar-refractivity contribution is 6.20. The summed E-state index contributed by atoms with van der Waals surface area (Å²) in [5, 5.41) is 10.7. The van der Waals surface area contributed by atoms with Crippen molar-refractivity contribution in [2.75, 3.05) is 4.90 Å². The second kappa shape index (κ2) is 6.85. The number of aliphatic hydroxyl groups is 1. The lowest BCUT2D eigenvalue weighted by Crippen LogP contribution is -2.31. The van der Waals surface area contributed by atoms with Crippen LogP contribution in [-0.2, 0) is 4.79 Å². The van der Waals surface area contributed by atoms with E-state index in [0.29, 0.717) is 5.69 Å². The first kappa shape index (κ1) is 17.8. The van der Waals surface area contributed by atoms with Crippen molar-refractivity contribution in [3.8, 4) is 0 Å². The van der Waals surface area contributed by atoms with Gasteiger partial charge >= 0.3 is 0 Å². The first-order chi connectivity index (χ1) is 13.5. The van der Waals surface area contributed by atoms with Gasteiger partial charge in [-0.05, 0) is 49.2 Å². The third-order valence-corrected chi connectivity index (χ3v) is 4.99. The lowest BCUT2D eigenvalue weighted by atomic mass is 9.92. The Morgan fingerprint density at radius 3 is 2.36 bits per heavy atom. The van der Waals surface area contributed by atoms with Crippen molar-refractivity contribution in [2.45, 2.75) is 19.9 Å². The van der Waals surface area contributed by atoms with E-state index in [1.54, 1.807) is 6.07 Å². The maximum atomic E-state index is 13.1. The van der Waals surface area contributed by atoms with Crippen LogP contribution in [0.25, 0.3) is 0 Å². The normalized spacial score (nSPS) is 16.7. The van der Waals surface area contributed by atoms with E-state index in [-0.39, 0.29) is 11.3 Å². The quantitative estimate of drug-likeness (QED) is 0.674. The van der Waals surface area contributed by atoms with Gasteiger partial charge in [0.1, 0.15) is 0 Å². The number of carbonyl (C=O) groups excluding carboxylic acids is 2. The van der Waals surface area contributed by atoms with E-state index in [0.717, 1.165) is 16.7 Å². The van der Waals surface area contributed by atoms with Gasteiger partial charge in [-0.3, -0.25) is 14.5 Å². The van der Waals surface area contributed by atoms with Gasteiger partial charge in [-0.15, -0.1) is 0 Å². The predicted molar refractivity (Wildman–Crippen MR) is 105 cm³/mol. The van der Waals surface area contributed by atoms with Crippen LogP contribution in [0.2, 0.25) is 0 Å². The maximum absolute atomic E-state index is 13.1. The average molecular weight is 373 g/mol. The van der Waals surface area contributed by atoms with Crippen molar-refractivity contribution >= 4 is 17.4 Å². The minimum Gasteiger partial charge on any atom is -0.503 e. The molecule has 0 aliphatic carbocycles. The Bertz CT molecular complexity index is 1080. The summed E-state index contributed by atoms with van der Waals surface area (Å²) in [5.74, 6) is -1.57. The maximum Gasteiger partial charge on any atom is 0.294 e. The van der Waals surface area contributed by atoms with Crippen molar-refractivity contribution in [2.24, 2.45) is 0 Å². The van der Waals surface area contributed by atoms with Gasteiger partial charge in [-0.2, -0.15) is 0 Å². The summed E-state index contributed by atoms with van der Waals surface area (Å²) in [5.41, 5.74) is 3.37. The number of hydrogen-bond acceptors (Lipinski definition) is 4. The number of amides is 1. The number of benzene rings is 2. The van der Waals surface area contributed by atoms with Crippen molar-refractivity contribution in [3.05, 3.63) is 101 Å². The summed E-state index contributed by atoms with van der Waals surface area (Å²) in [6.45, 7) is 3.87. The lowest BCUT2D eigenvalue weighted by molar-refractivity contribution is -0.117. The molecule has 140 valence electrons. The monoisotopic (exact) mass is 373 g/mol. The Morgan fingerprint density at radius 1 is 1.00 bits per heavy atom. The van der Waals surface area contributed by atoms with Crippen LogP contribution in [0, 0.1) is 13.8 Å². The summed E-state index contributed by atoms with van der Waals surface area (Å²) in [6.07, 6.45) is 1.39. The van der Waals surface area contributed by atoms with Gasteiger partial charge in [-0.1, -0.05) is 42.0 Å². The molecule has 0 saturated heterocycles. The number of anilines is 1. The molecule has 1 amide bonds. The molecule has 0 saturated carbocycles. The van der Waals surface area contributed by atoms with Crippen LogP contribution in [0.5, 0.6) is 0 Å². The summed E-state index contributed by atoms with van der Waals surface area (Å²) < 4.78 is 5.24. The fraction of sp³-hybridized carbons (Fsp3) is 0.130. The van der Waals surface area contributed by atoms with Gasteiger partial charge in [-0.25, -0.2) is 0 Å². The highest BCUT2D eigenvalue weighted by atomic mass is 16.3. The number of aryl methyl sites for hydroxylation is 2. The molecule has 0 spiro atoms. The summed E-state index contributed by atoms with van der Waals surface area (Å²) in [7, 11) is 0. The summed E-state index contributed by atoms with van der Waals surface area (Å²) in [4.78, 5) is 27.6. The molecule has 1 unspecified atom stereocenters. The van der Waals surface area contributed by atoms with E-state index >= 15 is 0 Å². The number of carbonyl (C=O) groups is 2. The van der Waals surface area contributed by atoms with E-state index < -0.39 is 23.5 Å². The van der Waals surface area contributed by atoms with E-state index in [2.05, 4.69) is 0 Å². The Balaban J connectivity index is 1.91. The zero-order chi connectivity index (χ0) is 19.8. The second-order valence-corrected chi connectivity index (χ2v) is 6.84. The van der Waals surface area contributed by atoms with Gasteiger partial charge in [0.25, 0.3) is 5.91 Å². The van der Waals surface area contributed by atoms with Crippen molar-refractivity contribution < 1.29 is 19.1 Å². The van der Waals surface area contributed by atoms with Crippen molar-refractivity contribution in [1.82, 2.24) is 0 Å². The molecule has 2 heterocycles. The number of hydrogen-bond donors (Lipinski definition) is 1. The minimum atomic E-state index is -0.742. The highest BCUT2D eigenvalue weighted by Gasteiger charge is 2.45. The van der Waals surface area contributed by atoms with Crippen LogP contribution in [0.4, 0.5) is 5.69 Å². The number of Topliss-reactive ketones (excluding diaryl/α,β-unsaturated/α-hetero) is 1. The molecule has 1 aliphatic rings. The molecule has 4 rings (SSSR count). The fourth-order valence-corrected chi connectivity index (χ4v) is 3.54. The number of ketones is 1. The van der Waals surface area contributed by atoms with Gasteiger partial charge in [0.15, 0.2) is 11.5 Å². The predicted octanol–water partition coefficient (Wildman–Crippen LogP) is 4.68. The number of rotatable bonds is 4. The van der Waals surface area contributed by atoms with E-state index in [1.807, 2.05) is 62.4 Å². The summed E-state index contributed by atoms with van der Waals surface area (Å²) in [6, 6.07) is 17.3. The molecule has 1 aliphatic heterocycles. The van der Waals surface area contributed by atoms with Crippen LogP contribution >= 0.6 is 0 Å². The molecule has 1 aromatic heterocycles. The Kier molecular flexibility index (Phi) is 4.35. The molecule has 5 heteroatoms. The Labute approximate surface area is 162 Å². The molecular weight excluding hydrogens is 354 g/mol. The first-order valence-electron chi connectivity index (χ1n) is 8.96. The molecular formula is C23H19NO4. The van der Waals surface area contributed by atoms with Gasteiger partial charge < -0.3 is 9.52 Å². The molecule has 0 fully saturated rings. The fourth-order valence-electron chi connectivity index (χ4n) is 3.54. The SMILES string of the molecule is Cc1ccc(N2C(=O)C(O)=C(C(=O)c3ccco3)C2c2ccccc2C)cc1. The zero-order valence-electron chi connectivity index (χ0n) is 15.5. The van der Waals surface area contributed by atoms with E-state index in [1.165, 1.54) is 17.2 Å². The Morgan fingerprint density at radius 2 is 1.71 bits per heavy atom. The van der Waals surface area contributed by atoms with Crippen molar-refractivity contribution in [3.63, 3.8) is 0 Å². The number of nitrogens with zero attached hydrogens (tertiary/aromatic N) is 1. The molecule has 2 aromatic carbocycles. The Hall–Kier alpha value is -3.60. The summed E-state index contributed by atoms with van der Waals surface area (Å²) >= 11 is 0. The third-order valence-electron chi connectivity index (χ3n) is 4.99. The molecule has 3 aromatic rings. The van der Waals surface area contributed by atoms with Gasteiger partial charge in [0.2, 0.25) is 5.78 Å². The smallest absolute Gasteiger partial charge is 0.294 e. The van der Waals surface area contributed by atoms with Crippen LogP contribution < -0.4 is 4.90 Å². The van der Waals surface area contributed by atoms with Crippen LogP contribution in [0.3, 0.4) is 0 Å². The molecule has 28 heavy (non-hydrogen) atoms.